The highest BCUT2D eigenvalue weighted by molar-refractivity contribution is 5.80. The Labute approximate surface area is 322 Å². The number of allylic oxidation sites excluding steroid dienone is 6. The number of hydrogen-bond acceptors (Lipinski definition) is 5. The number of unbranched alkanes of at least 4 members (excludes halogenated alkanes) is 25. The molecule has 4 unspecified atom stereocenters. The summed E-state index contributed by atoms with van der Waals surface area (Å²) in [6, 6.07) is -1.01. The summed E-state index contributed by atoms with van der Waals surface area (Å²) in [6.45, 7) is 4.03. The summed E-state index contributed by atoms with van der Waals surface area (Å²) in [7, 11) is 0. The predicted octanol–water partition coefficient (Wildman–Crippen LogP) is 11.7. The van der Waals surface area contributed by atoms with Gasteiger partial charge in [-0.05, 0) is 64.2 Å². The van der Waals surface area contributed by atoms with Crippen LogP contribution in [-0.4, -0.2) is 57.3 Å². The van der Waals surface area contributed by atoms with Gasteiger partial charge in [0.05, 0.1) is 18.8 Å². The van der Waals surface area contributed by atoms with E-state index in [4.69, 9.17) is 0 Å². The number of nitrogens with one attached hydrogen (secondary N) is 1. The molecule has 4 atom stereocenters. The standard InChI is InChI=1S/C46H87NO5/c1-3-5-7-9-11-13-15-17-19-21-22-24-25-27-29-31-33-35-37-39-43(49)45(51)42(41-48)47-46(52)44(50)40-38-36-34-32-30-28-26-23-20-18-16-14-12-10-8-6-4-2/h17,19,24-25,31,33,42-45,48-51H,3-16,18,20-23,26-30,32,34-41H2,1-2H3,(H,47,52)/b19-17+,25-24+,33-31+. The van der Waals surface area contributed by atoms with E-state index in [1.54, 1.807) is 0 Å². The lowest BCUT2D eigenvalue weighted by Crippen LogP contribution is -2.53. The van der Waals surface area contributed by atoms with Crippen molar-refractivity contribution in [1.82, 2.24) is 5.32 Å². The van der Waals surface area contributed by atoms with Gasteiger partial charge in [-0.15, -0.1) is 0 Å². The minimum absolute atomic E-state index is 0.361. The van der Waals surface area contributed by atoms with E-state index in [1.807, 2.05) is 0 Å². The molecule has 0 aliphatic carbocycles. The van der Waals surface area contributed by atoms with Crippen molar-refractivity contribution in [2.24, 2.45) is 0 Å². The molecule has 0 aliphatic rings. The summed E-state index contributed by atoms with van der Waals surface area (Å²) in [5.74, 6) is -0.598. The van der Waals surface area contributed by atoms with Crippen LogP contribution in [0.2, 0.25) is 0 Å². The summed E-state index contributed by atoms with van der Waals surface area (Å²) >= 11 is 0. The van der Waals surface area contributed by atoms with Crippen LogP contribution in [0.25, 0.3) is 0 Å². The van der Waals surface area contributed by atoms with Crippen LogP contribution in [0, 0.1) is 0 Å². The molecule has 0 saturated carbocycles. The van der Waals surface area contributed by atoms with Crippen LogP contribution in [0.4, 0.5) is 0 Å². The number of rotatable bonds is 40. The van der Waals surface area contributed by atoms with E-state index in [0.29, 0.717) is 19.3 Å². The molecule has 52 heavy (non-hydrogen) atoms. The highest BCUT2D eigenvalue weighted by Crippen LogP contribution is 2.16. The van der Waals surface area contributed by atoms with Gasteiger partial charge in [-0.25, -0.2) is 0 Å². The van der Waals surface area contributed by atoms with Gasteiger partial charge in [-0.3, -0.25) is 4.79 Å². The molecule has 0 spiro atoms. The van der Waals surface area contributed by atoms with E-state index in [-0.39, 0.29) is 0 Å². The first-order valence-electron chi connectivity index (χ1n) is 22.4. The monoisotopic (exact) mass is 734 g/mol. The normalized spacial score (nSPS) is 14.5. The third kappa shape index (κ3) is 34.3. The molecule has 0 saturated heterocycles. The molecular weight excluding hydrogens is 647 g/mol. The summed E-state index contributed by atoms with van der Waals surface area (Å²) in [5.41, 5.74) is 0. The molecular formula is C46H87NO5. The smallest absolute Gasteiger partial charge is 0.249 e. The summed E-state index contributed by atoms with van der Waals surface area (Å²) < 4.78 is 0. The van der Waals surface area contributed by atoms with Crippen molar-refractivity contribution >= 4 is 5.91 Å². The Morgan fingerprint density at radius 3 is 1.21 bits per heavy atom. The van der Waals surface area contributed by atoms with Crippen molar-refractivity contribution in [2.75, 3.05) is 6.61 Å². The quantitative estimate of drug-likeness (QED) is 0.0318. The number of hydrogen-bond donors (Lipinski definition) is 5. The fourth-order valence-electron chi connectivity index (χ4n) is 6.73. The topological polar surface area (TPSA) is 110 Å². The molecule has 0 aromatic carbocycles. The van der Waals surface area contributed by atoms with Gasteiger partial charge in [0.15, 0.2) is 0 Å². The summed E-state index contributed by atoms with van der Waals surface area (Å²) in [6.07, 6.45) is 47.4. The highest BCUT2D eigenvalue weighted by atomic mass is 16.3. The molecule has 0 radical (unpaired) electrons. The van der Waals surface area contributed by atoms with Crippen LogP contribution in [0.5, 0.6) is 0 Å². The van der Waals surface area contributed by atoms with E-state index < -0.39 is 36.9 Å². The fraction of sp³-hybridized carbons (Fsp3) is 0.848. The Morgan fingerprint density at radius 2 is 0.808 bits per heavy atom. The second-order valence-electron chi connectivity index (χ2n) is 15.4. The van der Waals surface area contributed by atoms with Crippen LogP contribution in [-0.2, 0) is 4.79 Å². The zero-order valence-corrected chi connectivity index (χ0v) is 34.3. The van der Waals surface area contributed by atoms with Crippen molar-refractivity contribution < 1.29 is 25.2 Å². The number of aliphatic hydroxyl groups excluding tert-OH is 4. The Balaban J connectivity index is 3.81. The average molecular weight is 734 g/mol. The molecule has 6 nitrogen and oxygen atoms in total. The summed E-state index contributed by atoms with van der Waals surface area (Å²) in [4.78, 5) is 12.5. The van der Waals surface area contributed by atoms with Crippen LogP contribution in [0.3, 0.4) is 0 Å². The number of aliphatic hydroxyl groups is 4. The van der Waals surface area contributed by atoms with E-state index in [2.05, 4.69) is 55.6 Å². The molecule has 0 aliphatic heterocycles. The SMILES string of the molecule is CCCCCCCC/C=C/CC/C=C/CC/C=C/CCCC(O)C(O)C(CO)NC(=O)C(O)CCCCCCCCCCCCCCCCCCC. The molecule has 0 aromatic heterocycles. The molecule has 0 fully saturated rings. The van der Waals surface area contributed by atoms with E-state index in [1.165, 1.54) is 135 Å². The second-order valence-corrected chi connectivity index (χ2v) is 15.4. The molecule has 6 heteroatoms. The van der Waals surface area contributed by atoms with Crippen LogP contribution < -0.4 is 5.32 Å². The first kappa shape index (κ1) is 50.5. The van der Waals surface area contributed by atoms with Crippen molar-refractivity contribution in [3.63, 3.8) is 0 Å². The fourth-order valence-corrected chi connectivity index (χ4v) is 6.73. The highest BCUT2D eigenvalue weighted by Gasteiger charge is 2.28. The van der Waals surface area contributed by atoms with Gasteiger partial charge < -0.3 is 25.7 Å². The van der Waals surface area contributed by atoms with E-state index >= 15 is 0 Å². The number of carbonyl (C=O) groups is 1. The first-order valence-corrected chi connectivity index (χ1v) is 22.4. The minimum atomic E-state index is -1.29. The van der Waals surface area contributed by atoms with Crippen molar-refractivity contribution in [3.05, 3.63) is 36.5 Å². The van der Waals surface area contributed by atoms with Crippen molar-refractivity contribution in [1.29, 1.82) is 0 Å². The molecule has 0 aromatic rings. The Bertz CT molecular complexity index is 828. The largest absolute Gasteiger partial charge is 0.394 e. The van der Waals surface area contributed by atoms with Gasteiger partial charge in [0.1, 0.15) is 12.2 Å². The Hall–Kier alpha value is -1.47. The third-order valence-corrected chi connectivity index (χ3v) is 10.3. The zero-order valence-electron chi connectivity index (χ0n) is 34.3. The van der Waals surface area contributed by atoms with Crippen LogP contribution >= 0.6 is 0 Å². The lowest BCUT2D eigenvalue weighted by atomic mass is 10.00. The third-order valence-electron chi connectivity index (χ3n) is 10.3. The lowest BCUT2D eigenvalue weighted by molar-refractivity contribution is -0.132. The maximum Gasteiger partial charge on any atom is 0.249 e. The lowest BCUT2D eigenvalue weighted by Gasteiger charge is -2.27. The molecule has 0 heterocycles. The zero-order chi connectivity index (χ0) is 38.2. The van der Waals surface area contributed by atoms with E-state index in [9.17, 15) is 25.2 Å². The van der Waals surface area contributed by atoms with Gasteiger partial charge in [0.25, 0.3) is 0 Å². The Kier molecular flexibility index (Phi) is 39.6. The van der Waals surface area contributed by atoms with Crippen LogP contribution in [0.15, 0.2) is 36.5 Å². The van der Waals surface area contributed by atoms with Crippen molar-refractivity contribution in [3.8, 4) is 0 Å². The molecule has 0 rings (SSSR count). The average Bonchev–Trinajstić information content (AvgIpc) is 3.15. The molecule has 306 valence electrons. The predicted molar refractivity (Wildman–Crippen MR) is 224 cm³/mol. The van der Waals surface area contributed by atoms with Crippen molar-refractivity contribution in [2.45, 2.75) is 244 Å². The van der Waals surface area contributed by atoms with Gasteiger partial charge in [-0.1, -0.05) is 192 Å². The Morgan fingerprint density at radius 1 is 0.462 bits per heavy atom. The van der Waals surface area contributed by atoms with Gasteiger partial charge >= 0.3 is 0 Å². The number of amides is 1. The minimum Gasteiger partial charge on any atom is -0.394 e. The van der Waals surface area contributed by atoms with Gasteiger partial charge in [-0.2, -0.15) is 0 Å². The molecule has 0 bridgehead atoms. The maximum absolute atomic E-state index is 12.5. The van der Waals surface area contributed by atoms with E-state index in [0.717, 1.165) is 51.4 Å². The van der Waals surface area contributed by atoms with Gasteiger partial charge in [0, 0.05) is 0 Å². The summed E-state index contributed by atoms with van der Waals surface area (Å²) in [5, 5.41) is 43.7. The maximum atomic E-state index is 12.5. The van der Waals surface area contributed by atoms with Gasteiger partial charge in [0.2, 0.25) is 5.91 Å². The molecule has 1 amide bonds. The van der Waals surface area contributed by atoms with Crippen LogP contribution in [0.1, 0.15) is 219 Å². The first-order chi connectivity index (χ1) is 25.5. The second kappa shape index (κ2) is 40.7. The molecule has 5 N–H and O–H groups in total. The number of carbonyl (C=O) groups excluding carboxylic acids is 1.